The molecule has 31 heavy (non-hydrogen) atoms. The molecule has 0 aliphatic heterocycles. The van der Waals surface area contributed by atoms with Crippen molar-refractivity contribution in [1.82, 2.24) is 14.9 Å². The molecule has 3 aromatic rings. The monoisotopic (exact) mass is 443 g/mol. The number of carbonyl (C=O) groups excluding carboxylic acids is 1. The lowest BCUT2D eigenvalue weighted by Crippen LogP contribution is -2.30. The van der Waals surface area contributed by atoms with Gasteiger partial charge in [0.1, 0.15) is 6.61 Å². The van der Waals surface area contributed by atoms with Crippen LogP contribution in [0.3, 0.4) is 0 Å². The third-order valence-corrected chi connectivity index (χ3v) is 5.43. The molecule has 0 aliphatic carbocycles. The number of aromatic nitrogens is 2. The minimum Gasteiger partial charge on any atom is -0.493 e. The molecule has 0 saturated carbocycles. The molecular weight excluding hydrogens is 418 g/mol. The highest BCUT2D eigenvalue weighted by Gasteiger charge is 2.13. The number of hydrogen-bond donors (Lipinski definition) is 2. The second kappa shape index (κ2) is 11.4. The predicted molar refractivity (Wildman–Crippen MR) is 120 cm³/mol. The molecule has 2 aromatic carbocycles. The number of para-hydroxylation sites is 3. The van der Waals surface area contributed by atoms with E-state index >= 15 is 0 Å². The summed E-state index contributed by atoms with van der Waals surface area (Å²) in [7, 11) is 1.57. The van der Waals surface area contributed by atoms with Crippen molar-refractivity contribution in [2.24, 2.45) is 0 Å². The van der Waals surface area contributed by atoms with E-state index in [1.165, 1.54) is 16.3 Å². The molecule has 9 heteroatoms. The van der Waals surface area contributed by atoms with Gasteiger partial charge in [0.2, 0.25) is 5.91 Å². The van der Waals surface area contributed by atoms with E-state index in [0.29, 0.717) is 53.7 Å². The average Bonchev–Trinajstić information content (AvgIpc) is 2.80. The Hall–Kier alpha value is -3.04. The third kappa shape index (κ3) is 5.99. The summed E-state index contributed by atoms with van der Waals surface area (Å²) < 4.78 is 12.4. The van der Waals surface area contributed by atoms with Gasteiger partial charge in [-0.1, -0.05) is 36.0 Å². The minimum absolute atomic E-state index is 0.0317. The van der Waals surface area contributed by atoms with Crippen LogP contribution >= 0.6 is 11.8 Å². The fraction of sp³-hybridized carbons (Fsp3) is 0.318. The van der Waals surface area contributed by atoms with Crippen molar-refractivity contribution in [2.75, 3.05) is 32.6 Å². The maximum absolute atomic E-state index is 12.8. The van der Waals surface area contributed by atoms with E-state index in [1.54, 1.807) is 37.4 Å². The predicted octanol–water partition coefficient (Wildman–Crippen LogP) is 2.07. The maximum Gasteiger partial charge on any atom is 0.262 e. The van der Waals surface area contributed by atoms with Gasteiger partial charge in [-0.15, -0.1) is 0 Å². The van der Waals surface area contributed by atoms with Crippen LogP contribution in [0.4, 0.5) is 0 Å². The molecule has 1 amide bonds. The Labute approximate surface area is 184 Å². The zero-order valence-electron chi connectivity index (χ0n) is 17.2. The summed E-state index contributed by atoms with van der Waals surface area (Å²) in [5.41, 5.74) is 0.410. The first-order valence-electron chi connectivity index (χ1n) is 9.89. The van der Waals surface area contributed by atoms with E-state index in [4.69, 9.17) is 14.6 Å². The van der Waals surface area contributed by atoms with Crippen LogP contribution in [0.5, 0.6) is 11.5 Å². The van der Waals surface area contributed by atoms with Crippen molar-refractivity contribution in [3.8, 4) is 11.5 Å². The van der Waals surface area contributed by atoms with Crippen molar-refractivity contribution in [3.63, 3.8) is 0 Å². The molecule has 0 saturated heterocycles. The number of aliphatic hydroxyl groups excluding tert-OH is 1. The second-order valence-corrected chi connectivity index (χ2v) is 7.53. The van der Waals surface area contributed by atoms with Gasteiger partial charge < -0.3 is 19.9 Å². The van der Waals surface area contributed by atoms with Gasteiger partial charge in [-0.05, 0) is 30.7 Å². The standard InChI is InChI=1S/C22H25N3O5S/c1-29-18-9-4-5-10-19(18)30-14-11-23-20(27)15-31-22-24-17-8-3-2-7-16(17)21(28)25(22)12-6-13-26/h2-5,7-10,26H,6,11-15H2,1H3,(H,23,27). The first-order valence-corrected chi connectivity index (χ1v) is 10.9. The molecule has 0 atom stereocenters. The van der Waals surface area contributed by atoms with Crippen LogP contribution in [0, 0.1) is 0 Å². The van der Waals surface area contributed by atoms with Crippen LogP contribution in [-0.2, 0) is 11.3 Å². The van der Waals surface area contributed by atoms with E-state index in [2.05, 4.69) is 10.3 Å². The topological polar surface area (TPSA) is 103 Å². The fourth-order valence-electron chi connectivity index (χ4n) is 2.95. The molecule has 0 unspecified atom stereocenters. The number of aliphatic hydroxyl groups is 1. The highest BCUT2D eigenvalue weighted by molar-refractivity contribution is 7.99. The largest absolute Gasteiger partial charge is 0.493 e. The minimum atomic E-state index is -0.190. The van der Waals surface area contributed by atoms with E-state index in [-0.39, 0.29) is 23.8 Å². The van der Waals surface area contributed by atoms with Crippen molar-refractivity contribution in [1.29, 1.82) is 0 Å². The molecule has 164 valence electrons. The lowest BCUT2D eigenvalue weighted by atomic mass is 10.2. The summed E-state index contributed by atoms with van der Waals surface area (Å²) in [6.07, 6.45) is 0.431. The Morgan fingerprint density at radius 2 is 1.90 bits per heavy atom. The van der Waals surface area contributed by atoms with Crippen LogP contribution in [0.2, 0.25) is 0 Å². The van der Waals surface area contributed by atoms with Gasteiger partial charge in [-0.3, -0.25) is 14.2 Å². The molecule has 3 rings (SSSR count). The Kier molecular flexibility index (Phi) is 8.31. The summed E-state index contributed by atoms with van der Waals surface area (Å²) in [5.74, 6) is 1.16. The Bertz CT molecular complexity index is 1090. The summed E-state index contributed by atoms with van der Waals surface area (Å²) in [6, 6.07) is 14.4. The highest BCUT2D eigenvalue weighted by Crippen LogP contribution is 2.25. The van der Waals surface area contributed by atoms with E-state index in [0.717, 1.165) is 0 Å². The maximum atomic E-state index is 12.8. The van der Waals surface area contributed by atoms with Gasteiger partial charge >= 0.3 is 0 Å². The molecule has 0 bridgehead atoms. The van der Waals surface area contributed by atoms with E-state index in [9.17, 15) is 9.59 Å². The molecule has 0 radical (unpaired) electrons. The zero-order valence-corrected chi connectivity index (χ0v) is 18.1. The molecule has 2 N–H and O–H groups in total. The number of methoxy groups -OCH3 is 1. The number of nitrogens with zero attached hydrogens (tertiary/aromatic N) is 2. The molecule has 0 fully saturated rings. The second-order valence-electron chi connectivity index (χ2n) is 6.58. The molecular formula is C22H25N3O5S. The number of rotatable bonds is 11. The summed E-state index contributed by atoms with van der Waals surface area (Å²) in [4.78, 5) is 29.6. The highest BCUT2D eigenvalue weighted by atomic mass is 32.2. The number of carbonyl (C=O) groups is 1. The molecule has 1 aromatic heterocycles. The molecule has 8 nitrogen and oxygen atoms in total. The average molecular weight is 444 g/mol. The molecule has 0 spiro atoms. The summed E-state index contributed by atoms with van der Waals surface area (Å²) in [6.45, 7) is 0.937. The summed E-state index contributed by atoms with van der Waals surface area (Å²) >= 11 is 1.19. The first kappa shape index (κ1) is 22.6. The normalized spacial score (nSPS) is 10.8. The van der Waals surface area contributed by atoms with Crippen LogP contribution in [0.1, 0.15) is 6.42 Å². The van der Waals surface area contributed by atoms with E-state index in [1.807, 2.05) is 18.2 Å². The summed E-state index contributed by atoms with van der Waals surface area (Å²) in [5, 5.41) is 12.9. The quantitative estimate of drug-likeness (QED) is 0.266. The van der Waals surface area contributed by atoms with Gasteiger partial charge in [0.25, 0.3) is 5.56 Å². The van der Waals surface area contributed by atoms with Gasteiger partial charge in [0, 0.05) is 13.2 Å². The van der Waals surface area contributed by atoms with Crippen molar-refractivity contribution >= 4 is 28.6 Å². The number of hydrogen-bond acceptors (Lipinski definition) is 7. The molecule has 0 aliphatic rings. The van der Waals surface area contributed by atoms with Crippen LogP contribution in [-0.4, -0.2) is 53.2 Å². The zero-order chi connectivity index (χ0) is 22.1. The van der Waals surface area contributed by atoms with Gasteiger partial charge in [-0.2, -0.15) is 0 Å². The number of ether oxygens (including phenoxy) is 2. The third-order valence-electron chi connectivity index (χ3n) is 4.45. The number of thioether (sulfide) groups is 1. The van der Waals surface area contributed by atoms with E-state index < -0.39 is 0 Å². The number of nitrogens with one attached hydrogen (secondary N) is 1. The van der Waals surface area contributed by atoms with Crippen LogP contribution < -0.4 is 20.3 Å². The Balaban J connectivity index is 1.57. The number of fused-ring (bicyclic) bond motifs is 1. The van der Waals surface area contributed by atoms with Gasteiger partial charge in [-0.25, -0.2) is 4.98 Å². The first-order chi connectivity index (χ1) is 15.1. The fourth-order valence-corrected chi connectivity index (χ4v) is 3.81. The van der Waals surface area contributed by atoms with Gasteiger partial charge in [0.15, 0.2) is 16.7 Å². The van der Waals surface area contributed by atoms with Crippen LogP contribution in [0.15, 0.2) is 58.5 Å². The van der Waals surface area contributed by atoms with Crippen molar-refractivity contribution in [2.45, 2.75) is 18.1 Å². The SMILES string of the molecule is COc1ccccc1OCCNC(=O)CSc1nc2ccccc2c(=O)n1CCCO. The smallest absolute Gasteiger partial charge is 0.262 e. The lowest BCUT2D eigenvalue weighted by Gasteiger charge is -2.13. The van der Waals surface area contributed by atoms with Crippen molar-refractivity contribution in [3.05, 3.63) is 58.9 Å². The Morgan fingerprint density at radius 1 is 1.16 bits per heavy atom. The van der Waals surface area contributed by atoms with Crippen LogP contribution in [0.25, 0.3) is 10.9 Å². The van der Waals surface area contributed by atoms with Gasteiger partial charge in [0.05, 0.1) is 30.3 Å². The van der Waals surface area contributed by atoms with Crippen molar-refractivity contribution < 1.29 is 19.4 Å². The number of amides is 1. The lowest BCUT2D eigenvalue weighted by molar-refractivity contribution is -0.118. The Morgan fingerprint density at radius 3 is 2.68 bits per heavy atom. The number of benzene rings is 2. The molecule has 1 heterocycles.